The molecule has 1 atom stereocenters. The summed E-state index contributed by atoms with van der Waals surface area (Å²) in [5.41, 5.74) is 0.942. The van der Waals surface area contributed by atoms with Crippen LogP contribution in [0.2, 0.25) is 0 Å². The van der Waals surface area contributed by atoms with Crippen LogP contribution in [-0.4, -0.2) is 17.5 Å². The first-order valence-electron chi connectivity index (χ1n) is 6.46. The van der Waals surface area contributed by atoms with E-state index in [2.05, 4.69) is 10.3 Å². The Kier molecular flexibility index (Phi) is 3.25. The lowest BCUT2D eigenvalue weighted by atomic mass is 10.0. The number of carbonyl (C=O) groups excluding carboxylic acids is 1. The Balaban J connectivity index is 1.82. The highest BCUT2D eigenvalue weighted by Crippen LogP contribution is 2.31. The minimum Gasteiger partial charge on any atom is -0.493 e. The van der Waals surface area contributed by atoms with Crippen LogP contribution in [0.15, 0.2) is 47.3 Å². The number of para-hydroxylation sites is 1. The van der Waals surface area contributed by atoms with Gasteiger partial charge in [0, 0.05) is 18.1 Å². The maximum Gasteiger partial charge on any atom is 0.268 e. The molecule has 2 heterocycles. The molecule has 2 N–H and O–H groups in total. The van der Waals surface area contributed by atoms with Gasteiger partial charge in [0.1, 0.15) is 11.4 Å². The lowest BCUT2D eigenvalue weighted by Crippen LogP contribution is -2.33. The van der Waals surface area contributed by atoms with Crippen LogP contribution in [0.25, 0.3) is 0 Å². The highest BCUT2D eigenvalue weighted by molar-refractivity contribution is 5.92. The topological polar surface area (TPSA) is 71.2 Å². The summed E-state index contributed by atoms with van der Waals surface area (Å²) in [6, 6.07) is 12.1. The Hall–Kier alpha value is -2.56. The summed E-state index contributed by atoms with van der Waals surface area (Å²) in [4.78, 5) is 25.9. The number of H-pyrrole nitrogens is 1. The molecule has 1 aromatic heterocycles. The van der Waals surface area contributed by atoms with Gasteiger partial charge in [0.05, 0.1) is 12.6 Å². The van der Waals surface area contributed by atoms with E-state index in [0.29, 0.717) is 13.0 Å². The van der Waals surface area contributed by atoms with Crippen molar-refractivity contribution < 1.29 is 9.53 Å². The lowest BCUT2D eigenvalue weighted by molar-refractivity contribution is 0.0919. The van der Waals surface area contributed by atoms with E-state index >= 15 is 0 Å². The van der Waals surface area contributed by atoms with Gasteiger partial charge in [-0.2, -0.15) is 0 Å². The number of hydrogen-bond acceptors (Lipinski definition) is 3. The zero-order valence-corrected chi connectivity index (χ0v) is 10.8. The first-order valence-corrected chi connectivity index (χ1v) is 6.46. The summed E-state index contributed by atoms with van der Waals surface area (Å²) in [6.45, 7) is 0.563. The predicted octanol–water partition coefficient (Wildman–Crippen LogP) is 1.63. The van der Waals surface area contributed by atoms with Crippen LogP contribution in [0.4, 0.5) is 0 Å². The standard InChI is InChI=1S/C15H14N2O3/c18-14-7-3-5-12(16-14)15(19)17-11-8-9-20-13-6-2-1-4-10(11)13/h1-7,11H,8-9H2,(H,16,18)(H,17,19). The van der Waals surface area contributed by atoms with Crippen LogP contribution in [0.1, 0.15) is 28.5 Å². The van der Waals surface area contributed by atoms with Crippen molar-refractivity contribution in [2.75, 3.05) is 6.61 Å². The van der Waals surface area contributed by atoms with Crippen molar-refractivity contribution in [3.05, 3.63) is 64.1 Å². The molecule has 2 aromatic rings. The minimum atomic E-state index is -0.288. The third kappa shape index (κ3) is 2.42. The molecule has 1 unspecified atom stereocenters. The molecule has 0 fully saturated rings. The van der Waals surface area contributed by atoms with E-state index in [1.54, 1.807) is 12.1 Å². The van der Waals surface area contributed by atoms with Crippen LogP contribution in [0, 0.1) is 0 Å². The van der Waals surface area contributed by atoms with Crippen molar-refractivity contribution in [2.45, 2.75) is 12.5 Å². The maximum absolute atomic E-state index is 12.2. The average molecular weight is 270 g/mol. The van der Waals surface area contributed by atoms with Crippen LogP contribution in [-0.2, 0) is 0 Å². The van der Waals surface area contributed by atoms with Crippen molar-refractivity contribution in [1.82, 2.24) is 10.3 Å². The molecule has 5 nitrogen and oxygen atoms in total. The number of rotatable bonds is 2. The second-order valence-electron chi connectivity index (χ2n) is 4.63. The Bertz CT molecular complexity index is 693. The van der Waals surface area contributed by atoms with E-state index in [0.717, 1.165) is 11.3 Å². The summed E-state index contributed by atoms with van der Waals surface area (Å²) in [5, 5.41) is 2.93. The van der Waals surface area contributed by atoms with Crippen molar-refractivity contribution in [3.8, 4) is 5.75 Å². The minimum absolute atomic E-state index is 0.101. The number of pyridine rings is 1. The monoisotopic (exact) mass is 270 g/mol. The van der Waals surface area contributed by atoms with Crippen molar-refractivity contribution in [3.63, 3.8) is 0 Å². The third-order valence-corrected chi connectivity index (χ3v) is 3.28. The average Bonchev–Trinajstić information content (AvgIpc) is 2.47. The van der Waals surface area contributed by atoms with Gasteiger partial charge < -0.3 is 15.0 Å². The molecule has 1 aromatic carbocycles. The van der Waals surface area contributed by atoms with Gasteiger partial charge in [0.15, 0.2) is 0 Å². The second-order valence-corrected chi connectivity index (χ2v) is 4.63. The van der Waals surface area contributed by atoms with Crippen molar-refractivity contribution in [2.24, 2.45) is 0 Å². The Morgan fingerprint density at radius 3 is 2.90 bits per heavy atom. The van der Waals surface area contributed by atoms with Crippen LogP contribution >= 0.6 is 0 Å². The molecule has 0 radical (unpaired) electrons. The smallest absolute Gasteiger partial charge is 0.268 e. The molecule has 1 aliphatic rings. The number of benzene rings is 1. The molecule has 0 saturated heterocycles. The van der Waals surface area contributed by atoms with E-state index in [1.165, 1.54) is 6.07 Å². The number of amides is 1. The van der Waals surface area contributed by atoms with E-state index in [1.807, 2.05) is 24.3 Å². The molecule has 1 amide bonds. The van der Waals surface area contributed by atoms with E-state index < -0.39 is 0 Å². The zero-order valence-electron chi connectivity index (χ0n) is 10.8. The summed E-state index contributed by atoms with van der Waals surface area (Å²) in [5.74, 6) is 0.509. The number of hydrogen-bond donors (Lipinski definition) is 2. The van der Waals surface area contributed by atoms with Crippen LogP contribution in [0.5, 0.6) is 5.75 Å². The molecule has 5 heteroatoms. The Labute approximate surface area is 115 Å². The molecule has 0 spiro atoms. The fourth-order valence-electron chi connectivity index (χ4n) is 2.31. The number of ether oxygens (including phenoxy) is 1. The lowest BCUT2D eigenvalue weighted by Gasteiger charge is -2.26. The number of aromatic amines is 1. The molecule has 3 rings (SSSR count). The van der Waals surface area contributed by atoms with E-state index in [-0.39, 0.29) is 23.2 Å². The maximum atomic E-state index is 12.2. The Morgan fingerprint density at radius 1 is 1.20 bits per heavy atom. The number of fused-ring (bicyclic) bond motifs is 1. The van der Waals surface area contributed by atoms with Gasteiger partial charge in [-0.15, -0.1) is 0 Å². The van der Waals surface area contributed by atoms with E-state index in [9.17, 15) is 9.59 Å². The highest BCUT2D eigenvalue weighted by Gasteiger charge is 2.23. The predicted molar refractivity (Wildman–Crippen MR) is 73.8 cm³/mol. The molecule has 20 heavy (non-hydrogen) atoms. The molecular formula is C15H14N2O3. The van der Waals surface area contributed by atoms with Crippen LogP contribution in [0.3, 0.4) is 0 Å². The van der Waals surface area contributed by atoms with Gasteiger partial charge in [0.25, 0.3) is 5.91 Å². The first-order chi connectivity index (χ1) is 9.74. The summed E-state index contributed by atoms with van der Waals surface area (Å²) < 4.78 is 5.55. The van der Waals surface area contributed by atoms with Gasteiger partial charge in [-0.1, -0.05) is 24.3 Å². The third-order valence-electron chi connectivity index (χ3n) is 3.28. The van der Waals surface area contributed by atoms with Gasteiger partial charge in [-0.05, 0) is 12.1 Å². The summed E-state index contributed by atoms with van der Waals surface area (Å²) in [6.07, 6.45) is 0.708. The van der Waals surface area contributed by atoms with E-state index in [4.69, 9.17) is 4.74 Å². The quantitative estimate of drug-likeness (QED) is 0.871. The fourth-order valence-corrected chi connectivity index (χ4v) is 2.31. The molecule has 0 bridgehead atoms. The normalized spacial score (nSPS) is 16.9. The molecule has 1 aliphatic heterocycles. The molecular weight excluding hydrogens is 256 g/mol. The van der Waals surface area contributed by atoms with Gasteiger partial charge >= 0.3 is 0 Å². The van der Waals surface area contributed by atoms with Gasteiger partial charge in [0.2, 0.25) is 5.56 Å². The summed E-state index contributed by atoms with van der Waals surface area (Å²) in [7, 11) is 0. The highest BCUT2D eigenvalue weighted by atomic mass is 16.5. The zero-order chi connectivity index (χ0) is 13.9. The number of aromatic nitrogens is 1. The van der Waals surface area contributed by atoms with Crippen molar-refractivity contribution in [1.29, 1.82) is 0 Å². The SMILES string of the molecule is O=C(NC1CCOc2ccccc21)c1cccc(=O)[nH]1. The first kappa shape index (κ1) is 12.5. The molecule has 102 valence electrons. The Morgan fingerprint density at radius 2 is 2.05 bits per heavy atom. The van der Waals surface area contributed by atoms with Crippen LogP contribution < -0.4 is 15.6 Å². The molecule has 0 aliphatic carbocycles. The number of carbonyl (C=O) groups is 1. The van der Waals surface area contributed by atoms with Gasteiger partial charge in [-0.25, -0.2) is 0 Å². The molecule has 0 saturated carbocycles. The van der Waals surface area contributed by atoms with Crippen molar-refractivity contribution >= 4 is 5.91 Å². The van der Waals surface area contributed by atoms with Gasteiger partial charge in [-0.3, -0.25) is 9.59 Å². The fraction of sp³-hybridized carbons (Fsp3) is 0.200. The second kappa shape index (κ2) is 5.21. The number of nitrogens with one attached hydrogen (secondary N) is 2. The summed E-state index contributed by atoms with van der Waals surface area (Å²) >= 11 is 0. The largest absolute Gasteiger partial charge is 0.493 e.